The summed E-state index contributed by atoms with van der Waals surface area (Å²) in [5.41, 5.74) is 3.03. The van der Waals surface area contributed by atoms with E-state index in [0.717, 1.165) is 10.0 Å². The van der Waals surface area contributed by atoms with Crippen molar-refractivity contribution in [3.8, 4) is 0 Å². The number of benzene rings is 3. The highest BCUT2D eigenvalue weighted by molar-refractivity contribution is 9.10. The van der Waals surface area contributed by atoms with Crippen molar-refractivity contribution in [1.29, 1.82) is 0 Å². The van der Waals surface area contributed by atoms with E-state index >= 15 is 0 Å². The van der Waals surface area contributed by atoms with Crippen molar-refractivity contribution in [3.05, 3.63) is 106 Å². The van der Waals surface area contributed by atoms with Crippen molar-refractivity contribution in [2.24, 2.45) is 11.8 Å². The first-order chi connectivity index (χ1) is 16.4. The van der Waals surface area contributed by atoms with E-state index in [1.807, 2.05) is 67.6 Å². The molecule has 0 spiro atoms. The quantitative estimate of drug-likeness (QED) is 0.304. The molecule has 0 fully saturated rings. The summed E-state index contributed by atoms with van der Waals surface area (Å²) in [5, 5.41) is 5.85. The van der Waals surface area contributed by atoms with Gasteiger partial charge >= 0.3 is 0 Å². The number of aryl methyl sites for hydroxylation is 1. The molecule has 0 radical (unpaired) electrons. The van der Waals surface area contributed by atoms with Crippen LogP contribution in [0.25, 0.3) is 0 Å². The van der Waals surface area contributed by atoms with Gasteiger partial charge in [-0.15, -0.1) is 0 Å². The number of allylic oxidation sites excluding steroid dienone is 2. The molecule has 0 bridgehead atoms. The summed E-state index contributed by atoms with van der Waals surface area (Å²) in [6.07, 6.45) is 4.80. The third-order valence-corrected chi connectivity index (χ3v) is 6.46. The third-order valence-electron chi connectivity index (χ3n) is 5.93. The molecule has 0 saturated carbocycles. The molecule has 172 valence electrons. The summed E-state index contributed by atoms with van der Waals surface area (Å²) in [4.78, 5) is 39.5. The summed E-state index contributed by atoms with van der Waals surface area (Å²) >= 11 is 3.38. The Morgan fingerprint density at radius 2 is 1.41 bits per heavy atom. The van der Waals surface area contributed by atoms with Crippen molar-refractivity contribution in [2.45, 2.75) is 19.8 Å². The average molecular weight is 517 g/mol. The lowest BCUT2D eigenvalue weighted by Crippen LogP contribution is -2.37. The van der Waals surface area contributed by atoms with Crippen molar-refractivity contribution in [2.75, 3.05) is 10.6 Å². The van der Waals surface area contributed by atoms with Crippen LogP contribution in [0.2, 0.25) is 0 Å². The molecule has 34 heavy (non-hydrogen) atoms. The SMILES string of the molecule is Cc1ccc(NC(=O)C2CC=CCC2C(=O)Nc2ccc(Br)cc2)c(C(=O)c2ccccc2)c1. The zero-order valence-electron chi connectivity index (χ0n) is 18.8. The van der Waals surface area contributed by atoms with Gasteiger partial charge in [-0.05, 0) is 56.2 Å². The Labute approximate surface area is 207 Å². The Bertz CT molecular complexity index is 1240. The van der Waals surface area contributed by atoms with Gasteiger partial charge in [-0.3, -0.25) is 14.4 Å². The van der Waals surface area contributed by atoms with Gasteiger partial charge in [0.1, 0.15) is 0 Å². The fraction of sp³-hybridized carbons (Fsp3) is 0.179. The van der Waals surface area contributed by atoms with Crippen LogP contribution in [-0.4, -0.2) is 17.6 Å². The van der Waals surface area contributed by atoms with Crippen molar-refractivity contribution in [1.82, 2.24) is 0 Å². The Hall–Kier alpha value is -3.51. The summed E-state index contributed by atoms with van der Waals surface area (Å²) in [6.45, 7) is 1.90. The molecular formula is C28H25BrN2O3. The van der Waals surface area contributed by atoms with Gasteiger partial charge in [0.05, 0.1) is 17.5 Å². The molecule has 2 N–H and O–H groups in total. The number of hydrogen-bond acceptors (Lipinski definition) is 3. The topological polar surface area (TPSA) is 75.3 Å². The van der Waals surface area contributed by atoms with Gasteiger partial charge in [0, 0.05) is 21.3 Å². The van der Waals surface area contributed by atoms with Gasteiger partial charge in [0.15, 0.2) is 5.78 Å². The van der Waals surface area contributed by atoms with Crippen LogP contribution in [-0.2, 0) is 9.59 Å². The molecule has 3 aromatic rings. The molecule has 0 aromatic heterocycles. The molecule has 5 nitrogen and oxygen atoms in total. The molecule has 2 unspecified atom stereocenters. The van der Waals surface area contributed by atoms with Crippen LogP contribution in [0, 0.1) is 18.8 Å². The van der Waals surface area contributed by atoms with E-state index in [0.29, 0.717) is 35.3 Å². The van der Waals surface area contributed by atoms with Gasteiger partial charge in [0.25, 0.3) is 0 Å². The van der Waals surface area contributed by atoms with E-state index in [9.17, 15) is 14.4 Å². The Balaban J connectivity index is 1.54. The highest BCUT2D eigenvalue weighted by Crippen LogP contribution is 2.30. The van der Waals surface area contributed by atoms with Crippen molar-refractivity contribution >= 4 is 44.9 Å². The fourth-order valence-corrected chi connectivity index (χ4v) is 4.35. The molecule has 1 aliphatic carbocycles. The second-order valence-corrected chi connectivity index (χ2v) is 9.30. The Morgan fingerprint density at radius 3 is 2.06 bits per heavy atom. The van der Waals surface area contributed by atoms with Gasteiger partial charge in [0.2, 0.25) is 11.8 Å². The number of halogens is 1. The zero-order valence-corrected chi connectivity index (χ0v) is 20.3. The highest BCUT2D eigenvalue weighted by Gasteiger charge is 2.34. The molecule has 1 aliphatic rings. The van der Waals surface area contributed by atoms with Gasteiger partial charge in [-0.2, -0.15) is 0 Å². The molecule has 2 amide bonds. The number of nitrogens with one attached hydrogen (secondary N) is 2. The van der Waals surface area contributed by atoms with Crippen LogP contribution in [0.5, 0.6) is 0 Å². The van der Waals surface area contributed by atoms with E-state index in [4.69, 9.17) is 0 Å². The predicted octanol–water partition coefficient (Wildman–Crippen LogP) is 6.15. The van der Waals surface area contributed by atoms with Crippen LogP contribution in [0.15, 0.2) is 89.4 Å². The first-order valence-corrected chi connectivity index (χ1v) is 11.9. The minimum Gasteiger partial charge on any atom is -0.326 e. The molecule has 0 saturated heterocycles. The normalized spacial score (nSPS) is 17.1. The van der Waals surface area contributed by atoms with Crippen LogP contribution < -0.4 is 10.6 Å². The summed E-state index contributed by atoms with van der Waals surface area (Å²) in [7, 11) is 0. The molecule has 0 aliphatic heterocycles. The number of anilines is 2. The Morgan fingerprint density at radius 1 is 0.794 bits per heavy atom. The standard InChI is InChI=1S/C28H25BrN2O3/c1-18-11-16-25(24(17-18)26(32)19-7-3-2-4-8-19)31-28(34)23-10-6-5-9-22(23)27(33)30-21-14-12-20(29)13-15-21/h2-8,11-17,22-23H,9-10H2,1H3,(H,30,33)(H,31,34). The summed E-state index contributed by atoms with van der Waals surface area (Å²) < 4.78 is 0.919. The third kappa shape index (κ3) is 5.51. The molecule has 6 heteroatoms. The minimum atomic E-state index is -0.540. The lowest BCUT2D eigenvalue weighted by molar-refractivity contribution is -0.129. The average Bonchev–Trinajstić information content (AvgIpc) is 2.86. The number of carbonyl (C=O) groups excluding carboxylic acids is 3. The number of amides is 2. The van der Waals surface area contributed by atoms with Gasteiger partial charge < -0.3 is 10.6 Å². The van der Waals surface area contributed by atoms with Crippen LogP contribution >= 0.6 is 15.9 Å². The lowest BCUT2D eigenvalue weighted by Gasteiger charge is -2.27. The first kappa shape index (κ1) is 23.6. The lowest BCUT2D eigenvalue weighted by atomic mass is 9.81. The predicted molar refractivity (Wildman–Crippen MR) is 138 cm³/mol. The number of rotatable bonds is 6. The summed E-state index contributed by atoms with van der Waals surface area (Å²) in [5.74, 6) is -1.68. The molecule has 0 heterocycles. The highest BCUT2D eigenvalue weighted by atomic mass is 79.9. The van der Waals surface area contributed by atoms with Gasteiger partial charge in [-0.1, -0.05) is 70.0 Å². The molecule has 3 aromatic carbocycles. The summed E-state index contributed by atoms with van der Waals surface area (Å²) in [6, 6.07) is 21.7. The molecule has 4 rings (SSSR count). The van der Waals surface area contributed by atoms with Crippen LogP contribution in [0.3, 0.4) is 0 Å². The maximum absolute atomic E-state index is 13.3. The number of hydrogen-bond donors (Lipinski definition) is 2. The Kier molecular flexibility index (Phi) is 7.38. The number of ketones is 1. The second kappa shape index (κ2) is 10.6. The monoisotopic (exact) mass is 516 g/mol. The van der Waals surface area contributed by atoms with Crippen LogP contribution in [0.4, 0.5) is 11.4 Å². The maximum atomic E-state index is 13.3. The minimum absolute atomic E-state index is 0.160. The second-order valence-electron chi connectivity index (χ2n) is 8.39. The fourth-order valence-electron chi connectivity index (χ4n) is 4.09. The smallest absolute Gasteiger partial charge is 0.228 e. The zero-order chi connectivity index (χ0) is 24.1. The van der Waals surface area contributed by atoms with Gasteiger partial charge in [-0.25, -0.2) is 0 Å². The van der Waals surface area contributed by atoms with Crippen molar-refractivity contribution in [3.63, 3.8) is 0 Å². The largest absolute Gasteiger partial charge is 0.326 e. The molecule has 2 atom stereocenters. The van der Waals surface area contributed by atoms with E-state index in [2.05, 4.69) is 26.6 Å². The maximum Gasteiger partial charge on any atom is 0.228 e. The van der Waals surface area contributed by atoms with E-state index < -0.39 is 11.8 Å². The number of carbonyl (C=O) groups is 3. The van der Waals surface area contributed by atoms with E-state index in [1.165, 1.54) is 0 Å². The van der Waals surface area contributed by atoms with Crippen LogP contribution in [0.1, 0.15) is 34.3 Å². The molecular weight excluding hydrogens is 492 g/mol. The first-order valence-electron chi connectivity index (χ1n) is 11.1. The van der Waals surface area contributed by atoms with E-state index in [-0.39, 0.29) is 17.6 Å². The van der Waals surface area contributed by atoms with E-state index in [1.54, 1.807) is 24.3 Å². The van der Waals surface area contributed by atoms with Crippen molar-refractivity contribution < 1.29 is 14.4 Å².